The van der Waals surface area contributed by atoms with Crippen LogP contribution in [0.25, 0.3) is 0 Å². The molecule has 0 aromatic rings. The Bertz CT molecular complexity index is 242. The molecule has 0 aliphatic carbocycles. The number of nitrogens with zero attached hydrogens (tertiary/aromatic N) is 1. The van der Waals surface area contributed by atoms with E-state index in [2.05, 4.69) is 4.72 Å². The highest BCUT2D eigenvalue weighted by molar-refractivity contribution is 7.89. The van der Waals surface area contributed by atoms with E-state index in [9.17, 15) is 8.42 Å². The van der Waals surface area contributed by atoms with Gasteiger partial charge in [-0.1, -0.05) is 0 Å². The van der Waals surface area contributed by atoms with E-state index in [4.69, 9.17) is 10.00 Å². The van der Waals surface area contributed by atoms with E-state index in [1.54, 1.807) is 6.07 Å². The van der Waals surface area contributed by atoms with E-state index in [0.29, 0.717) is 13.2 Å². The van der Waals surface area contributed by atoms with E-state index in [1.165, 1.54) is 0 Å². The van der Waals surface area contributed by atoms with Gasteiger partial charge < -0.3 is 4.74 Å². The minimum Gasteiger partial charge on any atom is -0.380 e. The molecule has 0 amide bonds. The van der Waals surface area contributed by atoms with E-state index < -0.39 is 15.8 Å². The molecule has 0 aromatic carbocycles. The molecule has 12 heavy (non-hydrogen) atoms. The third-order valence-electron chi connectivity index (χ3n) is 1.03. The van der Waals surface area contributed by atoms with Gasteiger partial charge in [0.15, 0.2) is 5.75 Å². The number of nitrogens with one attached hydrogen (secondary N) is 1. The minimum atomic E-state index is -3.40. The average molecular weight is 192 g/mol. The predicted molar refractivity (Wildman–Crippen MR) is 43.9 cm³/mol. The van der Waals surface area contributed by atoms with Gasteiger partial charge >= 0.3 is 0 Å². The summed E-state index contributed by atoms with van der Waals surface area (Å²) in [5, 5.41) is 8.10. The largest absolute Gasteiger partial charge is 0.380 e. The Labute approximate surface area is 72.4 Å². The van der Waals surface area contributed by atoms with E-state index in [0.717, 1.165) is 0 Å². The van der Waals surface area contributed by atoms with Gasteiger partial charge in [-0.05, 0) is 6.92 Å². The highest BCUT2D eigenvalue weighted by Gasteiger charge is 2.06. The van der Waals surface area contributed by atoms with Crippen LogP contribution in [-0.2, 0) is 14.8 Å². The van der Waals surface area contributed by atoms with E-state index >= 15 is 0 Å². The molecule has 0 bridgehead atoms. The lowest BCUT2D eigenvalue weighted by Crippen LogP contribution is -2.29. The van der Waals surface area contributed by atoms with Gasteiger partial charge in [0.2, 0.25) is 10.0 Å². The third-order valence-corrected chi connectivity index (χ3v) is 2.18. The first kappa shape index (κ1) is 11.4. The van der Waals surface area contributed by atoms with Crippen LogP contribution in [0.5, 0.6) is 0 Å². The van der Waals surface area contributed by atoms with Crippen LogP contribution in [0.15, 0.2) is 0 Å². The lowest BCUT2D eigenvalue weighted by molar-refractivity contribution is 0.153. The van der Waals surface area contributed by atoms with Crippen LogP contribution >= 0.6 is 0 Å². The number of ether oxygens (including phenoxy) is 1. The SMILES string of the molecule is CCOCCNS(=O)(=O)CC#N. The molecule has 0 aliphatic heterocycles. The van der Waals surface area contributed by atoms with Gasteiger partial charge in [0.05, 0.1) is 12.7 Å². The fourth-order valence-electron chi connectivity index (χ4n) is 0.550. The zero-order valence-electron chi connectivity index (χ0n) is 6.91. The fourth-order valence-corrected chi connectivity index (χ4v) is 1.22. The molecule has 0 saturated heterocycles. The van der Waals surface area contributed by atoms with Crippen LogP contribution in [0.2, 0.25) is 0 Å². The summed E-state index contributed by atoms with van der Waals surface area (Å²) in [7, 11) is -3.40. The summed E-state index contributed by atoms with van der Waals surface area (Å²) in [5.74, 6) is -0.501. The van der Waals surface area contributed by atoms with E-state index in [1.807, 2.05) is 6.92 Å². The van der Waals surface area contributed by atoms with Crippen LogP contribution in [0.4, 0.5) is 0 Å². The minimum absolute atomic E-state index is 0.220. The molecule has 0 saturated carbocycles. The van der Waals surface area contributed by atoms with E-state index in [-0.39, 0.29) is 6.54 Å². The number of sulfonamides is 1. The summed E-state index contributed by atoms with van der Waals surface area (Å²) in [6.07, 6.45) is 0. The maximum atomic E-state index is 10.8. The molecule has 0 aromatic heterocycles. The van der Waals surface area contributed by atoms with Gasteiger partial charge in [-0.25, -0.2) is 13.1 Å². The second-order valence-electron chi connectivity index (χ2n) is 2.01. The van der Waals surface area contributed by atoms with Crippen molar-refractivity contribution in [2.45, 2.75) is 6.92 Å². The smallest absolute Gasteiger partial charge is 0.225 e. The molecule has 0 radical (unpaired) electrons. The summed E-state index contributed by atoms with van der Waals surface area (Å²) in [5.41, 5.74) is 0. The normalized spacial score (nSPS) is 11.0. The molecule has 1 N–H and O–H groups in total. The molecular formula is C6H12N2O3S. The zero-order chi connectivity index (χ0) is 9.45. The lowest BCUT2D eigenvalue weighted by Gasteiger charge is -2.02. The summed E-state index contributed by atoms with van der Waals surface area (Å²) in [6, 6.07) is 1.56. The van der Waals surface area contributed by atoms with Crippen molar-refractivity contribution in [1.82, 2.24) is 4.72 Å². The molecule has 0 heterocycles. The molecule has 0 spiro atoms. The molecule has 0 aliphatic rings. The van der Waals surface area contributed by atoms with Crippen molar-refractivity contribution in [1.29, 1.82) is 5.26 Å². The molecule has 5 nitrogen and oxygen atoms in total. The molecule has 0 atom stereocenters. The van der Waals surface area contributed by atoms with Crippen molar-refractivity contribution in [3.05, 3.63) is 0 Å². The molecule has 0 fully saturated rings. The maximum Gasteiger partial charge on any atom is 0.225 e. The van der Waals surface area contributed by atoms with Gasteiger partial charge in [-0.2, -0.15) is 5.26 Å². The topological polar surface area (TPSA) is 79.2 Å². The van der Waals surface area contributed by atoms with Gasteiger partial charge in [-0.3, -0.25) is 0 Å². The first-order chi connectivity index (χ1) is 5.62. The number of hydrogen-bond donors (Lipinski definition) is 1. The van der Waals surface area contributed by atoms with Crippen molar-refractivity contribution in [3.8, 4) is 6.07 Å². The van der Waals surface area contributed by atoms with Crippen molar-refractivity contribution in [2.75, 3.05) is 25.5 Å². The Hall–Kier alpha value is -0.640. The van der Waals surface area contributed by atoms with Crippen LogP contribution in [0.1, 0.15) is 6.92 Å². The van der Waals surface area contributed by atoms with Crippen molar-refractivity contribution in [3.63, 3.8) is 0 Å². The standard InChI is InChI=1S/C6H12N2O3S/c1-2-11-5-4-8-12(9,10)6-3-7/h8H,2,4-6H2,1H3. The average Bonchev–Trinajstić information content (AvgIpc) is 1.98. The number of nitriles is 1. The highest BCUT2D eigenvalue weighted by Crippen LogP contribution is 1.81. The Morgan fingerprint density at radius 1 is 1.58 bits per heavy atom. The second kappa shape index (κ2) is 5.94. The molecule has 0 unspecified atom stereocenters. The summed E-state index contributed by atoms with van der Waals surface area (Å²) >= 11 is 0. The second-order valence-corrected chi connectivity index (χ2v) is 3.82. The van der Waals surface area contributed by atoms with Gasteiger partial charge in [0.25, 0.3) is 0 Å². The third kappa shape index (κ3) is 6.09. The number of rotatable bonds is 6. The van der Waals surface area contributed by atoms with Crippen molar-refractivity contribution in [2.24, 2.45) is 0 Å². The predicted octanol–water partition coefficient (Wildman–Crippen LogP) is -0.534. The van der Waals surface area contributed by atoms with Gasteiger partial charge in [-0.15, -0.1) is 0 Å². The Kier molecular flexibility index (Phi) is 5.62. The summed E-state index contributed by atoms with van der Waals surface area (Å²) in [6.45, 7) is 2.93. The monoisotopic (exact) mass is 192 g/mol. The summed E-state index contributed by atoms with van der Waals surface area (Å²) in [4.78, 5) is 0. The highest BCUT2D eigenvalue weighted by atomic mass is 32.2. The van der Waals surface area contributed by atoms with Crippen LogP contribution < -0.4 is 4.72 Å². The summed E-state index contributed by atoms with van der Waals surface area (Å²) < 4.78 is 28.7. The Morgan fingerprint density at radius 3 is 2.75 bits per heavy atom. The maximum absolute atomic E-state index is 10.8. The molecule has 70 valence electrons. The first-order valence-corrected chi connectivity index (χ1v) is 5.19. The van der Waals surface area contributed by atoms with Crippen LogP contribution in [0, 0.1) is 11.3 Å². The molecule has 6 heteroatoms. The first-order valence-electron chi connectivity index (χ1n) is 3.54. The zero-order valence-corrected chi connectivity index (χ0v) is 7.73. The van der Waals surface area contributed by atoms with Crippen molar-refractivity contribution >= 4 is 10.0 Å². The van der Waals surface area contributed by atoms with Crippen molar-refractivity contribution < 1.29 is 13.2 Å². The quantitative estimate of drug-likeness (QED) is 0.573. The number of hydrogen-bond acceptors (Lipinski definition) is 4. The Balaban J connectivity index is 3.57. The van der Waals surface area contributed by atoms with Gasteiger partial charge in [0, 0.05) is 13.2 Å². The molecule has 0 rings (SSSR count). The van der Waals surface area contributed by atoms with Gasteiger partial charge in [0.1, 0.15) is 0 Å². The van der Waals surface area contributed by atoms with Crippen LogP contribution in [0.3, 0.4) is 0 Å². The molecular weight excluding hydrogens is 180 g/mol. The lowest BCUT2D eigenvalue weighted by atomic mass is 10.7. The fraction of sp³-hybridized carbons (Fsp3) is 0.833. The Morgan fingerprint density at radius 2 is 2.25 bits per heavy atom. The van der Waals surface area contributed by atoms with Crippen LogP contribution in [-0.4, -0.2) is 33.9 Å².